The Hall–Kier alpha value is -2.67. The first-order valence-electron chi connectivity index (χ1n) is 7.52. The molecule has 6 nitrogen and oxygen atoms in total. The normalized spacial score (nSPS) is 11.0. The van der Waals surface area contributed by atoms with E-state index in [4.69, 9.17) is 0 Å². The topological polar surface area (TPSA) is 84.2 Å². The van der Waals surface area contributed by atoms with Gasteiger partial charge in [-0.1, -0.05) is 6.07 Å². The Labute approximate surface area is 142 Å². The fourth-order valence-corrected chi connectivity index (χ4v) is 3.56. The van der Waals surface area contributed by atoms with E-state index in [1.165, 1.54) is 28.3 Å². The maximum absolute atomic E-state index is 12.6. The molecule has 0 unspecified atom stereocenters. The quantitative estimate of drug-likeness (QED) is 0.716. The van der Waals surface area contributed by atoms with Crippen molar-refractivity contribution < 1.29 is 9.90 Å². The van der Waals surface area contributed by atoms with E-state index >= 15 is 0 Å². The van der Waals surface area contributed by atoms with Gasteiger partial charge >= 0.3 is 0 Å². The molecule has 0 bridgehead atoms. The van der Waals surface area contributed by atoms with Crippen LogP contribution in [0.4, 0.5) is 5.69 Å². The number of benzene rings is 1. The number of amides is 1. The number of nitrogens with one attached hydrogen (secondary N) is 1. The Morgan fingerprint density at radius 3 is 2.83 bits per heavy atom. The number of fused-ring (bicyclic) bond motifs is 1. The van der Waals surface area contributed by atoms with Crippen molar-refractivity contribution in [1.82, 2.24) is 9.55 Å². The first-order chi connectivity index (χ1) is 11.4. The summed E-state index contributed by atoms with van der Waals surface area (Å²) < 4.78 is 1.51. The van der Waals surface area contributed by atoms with Gasteiger partial charge in [-0.15, -0.1) is 11.3 Å². The van der Waals surface area contributed by atoms with E-state index in [1.54, 1.807) is 19.1 Å². The number of carbonyl (C=O) groups excluding carboxylic acids is 1. The van der Waals surface area contributed by atoms with E-state index < -0.39 is 0 Å². The molecule has 0 fully saturated rings. The zero-order valence-electron chi connectivity index (χ0n) is 13.6. The predicted octanol–water partition coefficient (Wildman–Crippen LogP) is 3.05. The number of rotatable bonds is 3. The Bertz CT molecular complexity index is 1000. The molecule has 1 amide bonds. The SMILES string of the molecule is CCn1cnc2sc(C(=O)Nc3cc(C)ccc3O)c(C)c2c1=O. The molecular formula is C17H17N3O3S. The average Bonchev–Trinajstić information content (AvgIpc) is 2.89. The summed E-state index contributed by atoms with van der Waals surface area (Å²) in [5.41, 5.74) is 1.73. The molecule has 3 rings (SSSR count). The molecule has 7 heteroatoms. The number of thiophene rings is 1. The number of carbonyl (C=O) groups is 1. The second-order valence-electron chi connectivity index (χ2n) is 5.55. The standard InChI is InChI=1S/C17H17N3O3S/c1-4-20-8-18-16-13(17(20)23)10(3)14(24-16)15(22)19-11-7-9(2)5-6-12(11)21/h5-8,21H,4H2,1-3H3,(H,19,22). The summed E-state index contributed by atoms with van der Waals surface area (Å²) in [5.74, 6) is -0.363. The molecule has 2 heterocycles. The molecule has 0 aliphatic rings. The molecule has 0 atom stereocenters. The van der Waals surface area contributed by atoms with Crippen LogP contribution in [-0.2, 0) is 6.54 Å². The van der Waals surface area contributed by atoms with Crippen LogP contribution < -0.4 is 10.9 Å². The number of aromatic hydroxyl groups is 1. The molecule has 24 heavy (non-hydrogen) atoms. The van der Waals surface area contributed by atoms with E-state index in [1.807, 2.05) is 13.8 Å². The minimum atomic E-state index is -0.362. The third kappa shape index (κ3) is 2.67. The zero-order chi connectivity index (χ0) is 17.4. The van der Waals surface area contributed by atoms with Gasteiger partial charge in [0.05, 0.1) is 22.3 Å². The highest BCUT2D eigenvalue weighted by Crippen LogP contribution is 2.29. The number of aryl methyl sites for hydroxylation is 3. The zero-order valence-corrected chi connectivity index (χ0v) is 14.4. The third-order valence-corrected chi connectivity index (χ3v) is 5.06. The van der Waals surface area contributed by atoms with Gasteiger partial charge in [-0.3, -0.25) is 14.2 Å². The minimum absolute atomic E-state index is 0.000761. The lowest BCUT2D eigenvalue weighted by Gasteiger charge is -2.07. The van der Waals surface area contributed by atoms with Crippen LogP contribution in [0.25, 0.3) is 10.2 Å². The number of hydrogen-bond acceptors (Lipinski definition) is 5. The second-order valence-corrected chi connectivity index (χ2v) is 6.55. The van der Waals surface area contributed by atoms with Gasteiger partial charge in [0.2, 0.25) is 0 Å². The summed E-state index contributed by atoms with van der Waals surface area (Å²) in [4.78, 5) is 30.2. The van der Waals surface area contributed by atoms with Gasteiger partial charge in [0.25, 0.3) is 11.5 Å². The highest BCUT2D eigenvalue weighted by Gasteiger charge is 2.20. The van der Waals surface area contributed by atoms with Crippen LogP contribution in [0, 0.1) is 13.8 Å². The van der Waals surface area contributed by atoms with Crippen molar-refractivity contribution in [1.29, 1.82) is 0 Å². The van der Waals surface area contributed by atoms with Crippen molar-refractivity contribution in [2.45, 2.75) is 27.3 Å². The van der Waals surface area contributed by atoms with E-state index in [9.17, 15) is 14.7 Å². The lowest BCUT2D eigenvalue weighted by Crippen LogP contribution is -2.19. The van der Waals surface area contributed by atoms with Crippen LogP contribution >= 0.6 is 11.3 Å². The minimum Gasteiger partial charge on any atom is -0.506 e. The second kappa shape index (κ2) is 6.09. The maximum Gasteiger partial charge on any atom is 0.266 e. The van der Waals surface area contributed by atoms with E-state index in [0.717, 1.165) is 5.56 Å². The highest BCUT2D eigenvalue weighted by molar-refractivity contribution is 7.20. The van der Waals surface area contributed by atoms with E-state index in [2.05, 4.69) is 10.3 Å². The molecule has 3 aromatic rings. The molecule has 1 aromatic carbocycles. The van der Waals surface area contributed by atoms with Gasteiger partial charge in [-0.25, -0.2) is 4.98 Å². The number of phenols is 1. The van der Waals surface area contributed by atoms with Gasteiger partial charge in [0.15, 0.2) is 0 Å². The molecule has 0 saturated heterocycles. The molecule has 2 aromatic heterocycles. The van der Waals surface area contributed by atoms with Crippen LogP contribution in [-0.4, -0.2) is 20.6 Å². The van der Waals surface area contributed by atoms with Crippen molar-refractivity contribution in [2.24, 2.45) is 0 Å². The number of hydrogen-bond donors (Lipinski definition) is 2. The van der Waals surface area contributed by atoms with Crippen LogP contribution in [0.15, 0.2) is 29.3 Å². The molecule has 0 spiro atoms. The summed E-state index contributed by atoms with van der Waals surface area (Å²) in [6, 6.07) is 4.98. The summed E-state index contributed by atoms with van der Waals surface area (Å²) in [6.07, 6.45) is 1.49. The van der Waals surface area contributed by atoms with Crippen molar-refractivity contribution in [3.63, 3.8) is 0 Å². The number of nitrogens with zero attached hydrogens (tertiary/aromatic N) is 2. The van der Waals surface area contributed by atoms with Crippen molar-refractivity contribution in [2.75, 3.05) is 5.32 Å². The molecule has 2 N–H and O–H groups in total. The Balaban J connectivity index is 2.05. The van der Waals surface area contributed by atoms with Gasteiger partial charge < -0.3 is 10.4 Å². The summed E-state index contributed by atoms with van der Waals surface area (Å²) in [6.45, 7) is 6.00. The molecule has 0 aliphatic carbocycles. The van der Waals surface area contributed by atoms with Gasteiger partial charge in [-0.2, -0.15) is 0 Å². The molecule has 124 valence electrons. The van der Waals surface area contributed by atoms with Gasteiger partial charge in [-0.05, 0) is 44.0 Å². The predicted molar refractivity (Wildman–Crippen MR) is 95.1 cm³/mol. The molecule has 0 saturated carbocycles. The summed E-state index contributed by atoms with van der Waals surface area (Å²) >= 11 is 1.18. The van der Waals surface area contributed by atoms with Crippen LogP contribution in [0.5, 0.6) is 5.75 Å². The monoisotopic (exact) mass is 343 g/mol. The average molecular weight is 343 g/mol. The first-order valence-corrected chi connectivity index (χ1v) is 8.33. The molecule has 0 aliphatic heterocycles. The van der Waals surface area contributed by atoms with Gasteiger partial charge in [0, 0.05) is 6.54 Å². The fraction of sp³-hybridized carbons (Fsp3) is 0.235. The fourth-order valence-electron chi connectivity index (χ4n) is 2.53. The molecule has 0 radical (unpaired) electrons. The number of anilines is 1. The van der Waals surface area contributed by atoms with E-state index in [0.29, 0.717) is 32.9 Å². The smallest absolute Gasteiger partial charge is 0.266 e. The van der Waals surface area contributed by atoms with Crippen LogP contribution in [0.3, 0.4) is 0 Å². The molecular weight excluding hydrogens is 326 g/mol. The maximum atomic E-state index is 12.6. The Morgan fingerprint density at radius 2 is 2.12 bits per heavy atom. The summed E-state index contributed by atoms with van der Waals surface area (Å²) in [7, 11) is 0. The largest absolute Gasteiger partial charge is 0.506 e. The van der Waals surface area contributed by atoms with Crippen molar-refractivity contribution >= 4 is 33.1 Å². The van der Waals surface area contributed by atoms with Crippen LogP contribution in [0.2, 0.25) is 0 Å². The Morgan fingerprint density at radius 1 is 1.38 bits per heavy atom. The summed E-state index contributed by atoms with van der Waals surface area (Å²) in [5, 5.41) is 13.1. The van der Waals surface area contributed by atoms with E-state index in [-0.39, 0.29) is 17.2 Å². The first kappa shape index (κ1) is 16.2. The number of aromatic nitrogens is 2. The third-order valence-electron chi connectivity index (χ3n) is 3.86. The van der Waals surface area contributed by atoms with Crippen molar-refractivity contribution in [3.8, 4) is 5.75 Å². The highest BCUT2D eigenvalue weighted by atomic mass is 32.1. The van der Waals surface area contributed by atoms with Gasteiger partial charge in [0.1, 0.15) is 10.6 Å². The Kier molecular flexibility index (Phi) is 4.11. The van der Waals surface area contributed by atoms with Crippen molar-refractivity contribution in [3.05, 3.63) is 50.9 Å². The lowest BCUT2D eigenvalue weighted by atomic mass is 10.2. The number of phenolic OH excluding ortho intramolecular Hbond substituents is 1. The lowest BCUT2D eigenvalue weighted by molar-refractivity contribution is 0.102. The van der Waals surface area contributed by atoms with Crippen LogP contribution in [0.1, 0.15) is 27.7 Å².